The third-order valence-electron chi connectivity index (χ3n) is 4.39. The molecular formula is C20H21NO4. The first-order valence-electron chi connectivity index (χ1n) is 8.36. The molecule has 0 spiro atoms. The maximum Gasteiger partial charge on any atom is 0.303 e. The standard InChI is InChI=1S/C20H21NO4/c1-13-5-4-7-15-11-16(12-25-19(13)15)21-20(24)17-8-3-2-6-14(17)9-10-18(22)23/h2-8,16H,9-12H2,1H3,(H,21,24)(H,22,23). The second kappa shape index (κ2) is 7.38. The molecule has 1 heterocycles. The van der Waals surface area contributed by atoms with Crippen molar-refractivity contribution in [3.05, 3.63) is 64.7 Å². The predicted molar refractivity (Wildman–Crippen MR) is 94.0 cm³/mol. The van der Waals surface area contributed by atoms with Gasteiger partial charge in [-0.1, -0.05) is 36.4 Å². The number of hydrogen-bond acceptors (Lipinski definition) is 3. The summed E-state index contributed by atoms with van der Waals surface area (Å²) >= 11 is 0. The normalized spacial score (nSPS) is 15.8. The van der Waals surface area contributed by atoms with Gasteiger partial charge in [0.15, 0.2) is 0 Å². The molecule has 1 aliphatic rings. The Bertz CT molecular complexity index is 800. The Hall–Kier alpha value is -2.82. The van der Waals surface area contributed by atoms with E-state index in [2.05, 4.69) is 5.32 Å². The molecule has 2 aromatic rings. The first kappa shape index (κ1) is 17.0. The lowest BCUT2D eigenvalue weighted by atomic mass is 9.98. The third-order valence-corrected chi connectivity index (χ3v) is 4.39. The maximum absolute atomic E-state index is 12.6. The molecule has 3 rings (SSSR count). The molecule has 0 radical (unpaired) electrons. The summed E-state index contributed by atoms with van der Waals surface area (Å²) in [6.07, 6.45) is 1.06. The number of carbonyl (C=O) groups is 2. The van der Waals surface area contributed by atoms with E-state index in [0.29, 0.717) is 18.6 Å². The number of nitrogens with one attached hydrogen (secondary N) is 1. The molecule has 25 heavy (non-hydrogen) atoms. The highest BCUT2D eigenvalue weighted by Gasteiger charge is 2.23. The van der Waals surface area contributed by atoms with Crippen LogP contribution in [0.3, 0.4) is 0 Å². The Morgan fingerprint density at radius 3 is 2.80 bits per heavy atom. The molecule has 130 valence electrons. The van der Waals surface area contributed by atoms with Gasteiger partial charge in [-0.3, -0.25) is 9.59 Å². The Balaban J connectivity index is 1.70. The van der Waals surface area contributed by atoms with Crippen molar-refractivity contribution in [3.8, 4) is 5.75 Å². The van der Waals surface area contributed by atoms with Gasteiger partial charge >= 0.3 is 5.97 Å². The molecule has 5 heteroatoms. The first-order valence-corrected chi connectivity index (χ1v) is 8.36. The number of aryl methyl sites for hydroxylation is 2. The molecule has 0 aliphatic carbocycles. The number of hydrogen-bond donors (Lipinski definition) is 2. The minimum Gasteiger partial charge on any atom is -0.491 e. The topological polar surface area (TPSA) is 75.6 Å². The lowest BCUT2D eigenvalue weighted by Crippen LogP contribution is -2.43. The number of benzene rings is 2. The van der Waals surface area contributed by atoms with Gasteiger partial charge in [0.05, 0.1) is 6.04 Å². The summed E-state index contributed by atoms with van der Waals surface area (Å²) in [7, 11) is 0. The van der Waals surface area contributed by atoms with Crippen molar-refractivity contribution in [2.75, 3.05) is 6.61 Å². The number of carboxylic acids is 1. The van der Waals surface area contributed by atoms with Crippen molar-refractivity contribution in [1.29, 1.82) is 0 Å². The van der Waals surface area contributed by atoms with Crippen molar-refractivity contribution < 1.29 is 19.4 Å². The second-order valence-electron chi connectivity index (χ2n) is 6.30. The molecule has 0 fully saturated rings. The lowest BCUT2D eigenvalue weighted by Gasteiger charge is -2.27. The number of rotatable bonds is 5. The zero-order chi connectivity index (χ0) is 17.8. The number of fused-ring (bicyclic) bond motifs is 1. The van der Waals surface area contributed by atoms with Crippen LogP contribution in [-0.2, 0) is 17.6 Å². The van der Waals surface area contributed by atoms with Crippen LogP contribution in [0.5, 0.6) is 5.75 Å². The minimum absolute atomic E-state index is 0.00346. The monoisotopic (exact) mass is 339 g/mol. The molecule has 0 saturated heterocycles. The van der Waals surface area contributed by atoms with E-state index < -0.39 is 5.97 Å². The highest BCUT2D eigenvalue weighted by molar-refractivity contribution is 5.96. The van der Waals surface area contributed by atoms with Crippen molar-refractivity contribution in [1.82, 2.24) is 5.32 Å². The Kier molecular flexibility index (Phi) is 5.03. The fraction of sp³-hybridized carbons (Fsp3) is 0.300. The van der Waals surface area contributed by atoms with Crippen LogP contribution in [0.25, 0.3) is 0 Å². The van der Waals surface area contributed by atoms with Crippen LogP contribution in [0.15, 0.2) is 42.5 Å². The van der Waals surface area contributed by atoms with E-state index in [4.69, 9.17) is 9.84 Å². The molecule has 0 aromatic heterocycles. The van der Waals surface area contributed by atoms with Gasteiger partial charge in [0.2, 0.25) is 0 Å². The highest BCUT2D eigenvalue weighted by Crippen LogP contribution is 2.28. The fourth-order valence-corrected chi connectivity index (χ4v) is 3.15. The van der Waals surface area contributed by atoms with Gasteiger partial charge in [0.1, 0.15) is 12.4 Å². The SMILES string of the molecule is Cc1cccc2c1OCC(NC(=O)c1ccccc1CCC(=O)O)C2. The Morgan fingerprint density at radius 1 is 1.20 bits per heavy atom. The maximum atomic E-state index is 12.6. The van der Waals surface area contributed by atoms with Crippen LogP contribution < -0.4 is 10.1 Å². The molecule has 1 aliphatic heterocycles. The molecule has 2 aromatic carbocycles. The average molecular weight is 339 g/mol. The zero-order valence-electron chi connectivity index (χ0n) is 14.1. The van der Waals surface area contributed by atoms with Gasteiger partial charge < -0.3 is 15.2 Å². The number of para-hydroxylation sites is 1. The van der Waals surface area contributed by atoms with Gasteiger partial charge in [-0.15, -0.1) is 0 Å². The lowest BCUT2D eigenvalue weighted by molar-refractivity contribution is -0.136. The van der Waals surface area contributed by atoms with Crippen LogP contribution >= 0.6 is 0 Å². The van der Waals surface area contributed by atoms with E-state index in [-0.39, 0.29) is 18.4 Å². The van der Waals surface area contributed by atoms with E-state index >= 15 is 0 Å². The number of aliphatic carboxylic acids is 1. The van der Waals surface area contributed by atoms with E-state index in [0.717, 1.165) is 28.9 Å². The summed E-state index contributed by atoms with van der Waals surface area (Å²) in [5.74, 6) is -0.150. The van der Waals surface area contributed by atoms with Crippen molar-refractivity contribution >= 4 is 11.9 Å². The quantitative estimate of drug-likeness (QED) is 0.878. The van der Waals surface area contributed by atoms with E-state index in [9.17, 15) is 9.59 Å². The van der Waals surface area contributed by atoms with E-state index in [1.165, 1.54) is 0 Å². The number of amides is 1. The van der Waals surface area contributed by atoms with Crippen molar-refractivity contribution in [2.45, 2.75) is 32.2 Å². The number of carboxylic acid groups (broad SMARTS) is 1. The van der Waals surface area contributed by atoms with E-state index in [1.807, 2.05) is 31.2 Å². The molecular weight excluding hydrogens is 318 g/mol. The summed E-state index contributed by atoms with van der Waals surface area (Å²) in [6.45, 7) is 2.44. The predicted octanol–water partition coefficient (Wildman–Crippen LogP) is 2.75. The molecule has 0 saturated carbocycles. The summed E-state index contributed by atoms with van der Waals surface area (Å²) in [5, 5.41) is 11.9. The second-order valence-corrected chi connectivity index (χ2v) is 6.30. The summed E-state index contributed by atoms with van der Waals surface area (Å²) in [4.78, 5) is 23.4. The molecule has 5 nitrogen and oxygen atoms in total. The highest BCUT2D eigenvalue weighted by atomic mass is 16.5. The molecule has 1 atom stereocenters. The largest absolute Gasteiger partial charge is 0.491 e. The van der Waals surface area contributed by atoms with Crippen molar-refractivity contribution in [2.24, 2.45) is 0 Å². The number of carbonyl (C=O) groups excluding carboxylic acids is 1. The van der Waals surface area contributed by atoms with Crippen molar-refractivity contribution in [3.63, 3.8) is 0 Å². The van der Waals surface area contributed by atoms with Crippen LogP contribution in [0.4, 0.5) is 0 Å². The van der Waals surface area contributed by atoms with Crippen LogP contribution in [-0.4, -0.2) is 29.6 Å². The third kappa shape index (κ3) is 3.99. The van der Waals surface area contributed by atoms with Crippen LogP contribution in [0.1, 0.15) is 33.5 Å². The van der Waals surface area contributed by atoms with E-state index in [1.54, 1.807) is 18.2 Å². The van der Waals surface area contributed by atoms with Crippen LogP contribution in [0.2, 0.25) is 0 Å². The Morgan fingerprint density at radius 2 is 2.00 bits per heavy atom. The van der Waals surface area contributed by atoms with Gasteiger partial charge in [0.25, 0.3) is 5.91 Å². The molecule has 2 N–H and O–H groups in total. The van der Waals surface area contributed by atoms with Crippen LogP contribution in [0, 0.1) is 6.92 Å². The molecule has 1 amide bonds. The molecule has 1 unspecified atom stereocenters. The zero-order valence-corrected chi connectivity index (χ0v) is 14.1. The number of ether oxygens (including phenoxy) is 1. The minimum atomic E-state index is -0.872. The molecule has 0 bridgehead atoms. The van der Waals surface area contributed by atoms with Gasteiger partial charge in [-0.2, -0.15) is 0 Å². The smallest absolute Gasteiger partial charge is 0.303 e. The van der Waals surface area contributed by atoms with Gasteiger partial charge in [0, 0.05) is 12.0 Å². The average Bonchev–Trinajstić information content (AvgIpc) is 2.60. The summed E-state index contributed by atoms with van der Waals surface area (Å²) in [5.41, 5.74) is 3.46. The van der Waals surface area contributed by atoms with Gasteiger partial charge in [-0.25, -0.2) is 0 Å². The Labute approximate surface area is 146 Å². The van der Waals surface area contributed by atoms with Gasteiger partial charge in [-0.05, 0) is 42.5 Å². The fourth-order valence-electron chi connectivity index (χ4n) is 3.15. The first-order chi connectivity index (χ1) is 12.0. The summed E-state index contributed by atoms with van der Waals surface area (Å²) < 4.78 is 5.82. The summed E-state index contributed by atoms with van der Waals surface area (Å²) in [6, 6.07) is 13.0.